The average molecular weight is 250 g/mol. The van der Waals surface area contributed by atoms with Crippen molar-refractivity contribution in [1.29, 1.82) is 0 Å². The van der Waals surface area contributed by atoms with Gasteiger partial charge in [-0.1, -0.05) is 0 Å². The van der Waals surface area contributed by atoms with Crippen molar-refractivity contribution in [2.24, 2.45) is 0 Å². The fraction of sp³-hybridized carbons (Fsp3) is 1.00. The summed E-state index contributed by atoms with van der Waals surface area (Å²) < 4.78 is 22.5. The first kappa shape index (κ1) is 13.9. The maximum absolute atomic E-state index is 11.2. The van der Waals surface area contributed by atoms with E-state index >= 15 is 0 Å². The number of nitrogens with zero attached hydrogens (tertiary/aromatic N) is 1. The third kappa shape index (κ3) is 4.78. The zero-order chi connectivity index (χ0) is 12.4. The van der Waals surface area contributed by atoms with E-state index in [1.54, 1.807) is 6.92 Å². The van der Waals surface area contributed by atoms with Gasteiger partial charge in [0.1, 0.15) is 0 Å². The first-order valence-electron chi connectivity index (χ1n) is 5.51. The molecule has 96 valence electrons. The van der Waals surface area contributed by atoms with Gasteiger partial charge in [-0.2, -0.15) is 0 Å². The SMILES string of the molecule is CN(C)CC(C)(O)CNC1CCS(=O)(=O)C1. The molecule has 2 atom stereocenters. The lowest BCUT2D eigenvalue weighted by Crippen LogP contribution is -2.48. The smallest absolute Gasteiger partial charge is 0.151 e. The summed E-state index contributed by atoms with van der Waals surface area (Å²) in [6, 6.07) is -0.00126. The van der Waals surface area contributed by atoms with Gasteiger partial charge >= 0.3 is 0 Å². The van der Waals surface area contributed by atoms with E-state index in [9.17, 15) is 13.5 Å². The highest BCUT2D eigenvalue weighted by molar-refractivity contribution is 7.91. The highest BCUT2D eigenvalue weighted by Gasteiger charge is 2.30. The van der Waals surface area contributed by atoms with Crippen LogP contribution in [-0.4, -0.2) is 68.8 Å². The summed E-state index contributed by atoms with van der Waals surface area (Å²) in [5.74, 6) is 0.464. The number of aliphatic hydroxyl groups is 1. The molecular weight excluding hydrogens is 228 g/mol. The van der Waals surface area contributed by atoms with E-state index in [0.717, 1.165) is 0 Å². The molecule has 16 heavy (non-hydrogen) atoms. The topological polar surface area (TPSA) is 69.6 Å². The molecule has 1 rings (SSSR count). The molecule has 1 fully saturated rings. The predicted molar refractivity (Wildman–Crippen MR) is 64.2 cm³/mol. The van der Waals surface area contributed by atoms with Crippen LogP contribution >= 0.6 is 0 Å². The lowest BCUT2D eigenvalue weighted by molar-refractivity contribution is 0.0319. The van der Waals surface area contributed by atoms with Crippen LogP contribution in [0.5, 0.6) is 0 Å². The van der Waals surface area contributed by atoms with Gasteiger partial charge in [0.25, 0.3) is 0 Å². The van der Waals surface area contributed by atoms with Crippen molar-refractivity contribution in [2.75, 3.05) is 38.7 Å². The predicted octanol–water partition coefficient (Wildman–Crippen LogP) is -0.924. The van der Waals surface area contributed by atoms with Gasteiger partial charge < -0.3 is 15.3 Å². The van der Waals surface area contributed by atoms with Crippen LogP contribution in [0.1, 0.15) is 13.3 Å². The van der Waals surface area contributed by atoms with E-state index in [-0.39, 0.29) is 17.5 Å². The van der Waals surface area contributed by atoms with Gasteiger partial charge in [-0.25, -0.2) is 8.42 Å². The first-order valence-corrected chi connectivity index (χ1v) is 7.33. The lowest BCUT2D eigenvalue weighted by atomic mass is 10.1. The molecule has 1 aliphatic rings. The van der Waals surface area contributed by atoms with Crippen molar-refractivity contribution in [2.45, 2.75) is 25.0 Å². The zero-order valence-electron chi connectivity index (χ0n) is 10.2. The molecule has 0 aromatic rings. The molecule has 0 amide bonds. The van der Waals surface area contributed by atoms with Crippen LogP contribution in [0, 0.1) is 0 Å². The number of sulfone groups is 1. The largest absolute Gasteiger partial charge is 0.388 e. The molecule has 0 aliphatic carbocycles. The Balaban J connectivity index is 2.35. The minimum atomic E-state index is -2.84. The van der Waals surface area contributed by atoms with Crippen LogP contribution < -0.4 is 5.32 Å². The quantitative estimate of drug-likeness (QED) is 0.660. The van der Waals surface area contributed by atoms with Crippen LogP contribution in [-0.2, 0) is 9.84 Å². The minimum Gasteiger partial charge on any atom is -0.388 e. The molecule has 5 nitrogen and oxygen atoms in total. The van der Waals surface area contributed by atoms with Gasteiger partial charge in [0.05, 0.1) is 17.1 Å². The standard InChI is InChI=1S/C10H22N2O3S/c1-10(13,8-12(2)3)7-11-9-4-5-16(14,15)6-9/h9,11,13H,4-8H2,1-3H3. The van der Waals surface area contributed by atoms with E-state index in [1.165, 1.54) is 0 Å². The maximum atomic E-state index is 11.2. The Bertz CT molecular complexity index is 325. The Morgan fingerprint density at radius 3 is 2.56 bits per heavy atom. The Labute approximate surface area is 97.7 Å². The number of hydrogen-bond donors (Lipinski definition) is 2. The Kier molecular flexibility index (Phi) is 4.34. The molecule has 0 aromatic carbocycles. The summed E-state index contributed by atoms with van der Waals surface area (Å²) in [4.78, 5) is 1.91. The number of rotatable bonds is 5. The van der Waals surface area contributed by atoms with Crippen LogP contribution in [0.3, 0.4) is 0 Å². The molecule has 0 saturated carbocycles. The molecule has 1 heterocycles. The summed E-state index contributed by atoms with van der Waals surface area (Å²) in [5, 5.41) is 13.1. The molecule has 0 radical (unpaired) electrons. The number of hydrogen-bond acceptors (Lipinski definition) is 5. The van der Waals surface area contributed by atoms with Gasteiger partial charge in [-0.05, 0) is 27.4 Å². The van der Waals surface area contributed by atoms with E-state index < -0.39 is 15.4 Å². The summed E-state index contributed by atoms with van der Waals surface area (Å²) in [6.07, 6.45) is 0.653. The van der Waals surface area contributed by atoms with E-state index in [4.69, 9.17) is 0 Å². The summed E-state index contributed by atoms with van der Waals surface area (Å²) in [7, 11) is 0.954. The molecule has 2 unspecified atom stereocenters. The van der Waals surface area contributed by atoms with Crippen molar-refractivity contribution < 1.29 is 13.5 Å². The second-order valence-corrected chi connectivity index (χ2v) is 7.44. The lowest BCUT2D eigenvalue weighted by Gasteiger charge is -2.28. The normalized spacial score (nSPS) is 28.2. The van der Waals surface area contributed by atoms with E-state index in [2.05, 4.69) is 5.32 Å². The number of likely N-dealkylation sites (N-methyl/N-ethyl adjacent to an activating group) is 1. The van der Waals surface area contributed by atoms with Crippen molar-refractivity contribution in [3.63, 3.8) is 0 Å². The summed E-state index contributed by atoms with van der Waals surface area (Å²) in [6.45, 7) is 2.73. The highest BCUT2D eigenvalue weighted by atomic mass is 32.2. The van der Waals surface area contributed by atoms with E-state index in [0.29, 0.717) is 19.5 Å². The minimum absolute atomic E-state index is 0.00126. The van der Waals surface area contributed by atoms with Gasteiger partial charge in [0.15, 0.2) is 9.84 Å². The fourth-order valence-electron chi connectivity index (χ4n) is 2.06. The van der Waals surface area contributed by atoms with Gasteiger partial charge in [0.2, 0.25) is 0 Å². The second kappa shape index (κ2) is 5.00. The maximum Gasteiger partial charge on any atom is 0.151 e. The second-order valence-electron chi connectivity index (χ2n) is 5.22. The Hall–Kier alpha value is -0.170. The molecule has 1 aliphatic heterocycles. The van der Waals surface area contributed by atoms with Crippen molar-refractivity contribution in [3.05, 3.63) is 0 Å². The summed E-state index contributed by atoms with van der Waals surface area (Å²) in [5.41, 5.74) is -0.824. The number of nitrogens with one attached hydrogen (secondary N) is 1. The van der Waals surface area contributed by atoms with Crippen molar-refractivity contribution in [1.82, 2.24) is 10.2 Å². The molecule has 1 saturated heterocycles. The van der Waals surface area contributed by atoms with Crippen molar-refractivity contribution in [3.8, 4) is 0 Å². The van der Waals surface area contributed by atoms with Crippen LogP contribution in [0.25, 0.3) is 0 Å². The Morgan fingerprint density at radius 2 is 2.12 bits per heavy atom. The monoisotopic (exact) mass is 250 g/mol. The van der Waals surface area contributed by atoms with Gasteiger partial charge in [-0.15, -0.1) is 0 Å². The summed E-state index contributed by atoms with van der Waals surface area (Å²) >= 11 is 0. The first-order chi connectivity index (χ1) is 7.20. The molecule has 0 spiro atoms. The third-order valence-electron chi connectivity index (χ3n) is 2.66. The molecule has 0 aromatic heterocycles. The van der Waals surface area contributed by atoms with Crippen LogP contribution in [0.4, 0.5) is 0 Å². The molecule has 6 heteroatoms. The van der Waals surface area contributed by atoms with E-state index in [1.807, 2.05) is 19.0 Å². The Morgan fingerprint density at radius 1 is 1.50 bits per heavy atom. The molecule has 0 bridgehead atoms. The van der Waals surface area contributed by atoms with Crippen LogP contribution in [0.2, 0.25) is 0 Å². The van der Waals surface area contributed by atoms with Gasteiger partial charge in [-0.3, -0.25) is 0 Å². The van der Waals surface area contributed by atoms with Crippen molar-refractivity contribution >= 4 is 9.84 Å². The third-order valence-corrected chi connectivity index (χ3v) is 4.43. The average Bonchev–Trinajstić information content (AvgIpc) is 2.40. The fourth-order valence-corrected chi connectivity index (χ4v) is 3.77. The van der Waals surface area contributed by atoms with Crippen LogP contribution in [0.15, 0.2) is 0 Å². The zero-order valence-corrected chi connectivity index (χ0v) is 11.0. The molecular formula is C10H22N2O3S. The molecule has 2 N–H and O–H groups in total. The highest BCUT2D eigenvalue weighted by Crippen LogP contribution is 2.12. The van der Waals surface area contributed by atoms with Gasteiger partial charge in [0, 0.05) is 19.1 Å².